The number of aryl methyl sites for hydroxylation is 1. The fourth-order valence-corrected chi connectivity index (χ4v) is 3.88. The Morgan fingerprint density at radius 2 is 1.43 bits per heavy atom. The van der Waals surface area contributed by atoms with Crippen molar-refractivity contribution in [3.8, 4) is 0 Å². The van der Waals surface area contributed by atoms with Gasteiger partial charge in [0.1, 0.15) is 0 Å². The van der Waals surface area contributed by atoms with E-state index in [1.54, 1.807) is 0 Å². The van der Waals surface area contributed by atoms with E-state index in [0.717, 1.165) is 24.8 Å². The van der Waals surface area contributed by atoms with Gasteiger partial charge in [0, 0.05) is 32.6 Å². The van der Waals surface area contributed by atoms with E-state index in [-0.39, 0.29) is 17.7 Å². The molecule has 28 heavy (non-hydrogen) atoms. The predicted octanol–water partition coefficient (Wildman–Crippen LogP) is 3.87. The van der Waals surface area contributed by atoms with E-state index in [4.69, 9.17) is 0 Å². The molecule has 0 bridgehead atoms. The maximum atomic E-state index is 13.0. The molecule has 4 heteroatoms. The summed E-state index contributed by atoms with van der Waals surface area (Å²) in [5.41, 5.74) is 2.35. The number of hydrogen-bond acceptors (Lipinski definition) is 2. The molecular weight excluding hydrogens is 348 g/mol. The van der Waals surface area contributed by atoms with Crippen LogP contribution in [0, 0.1) is 0 Å². The normalized spacial score (nSPS) is 15.3. The number of nitrogens with zero attached hydrogens (tertiary/aromatic N) is 2. The summed E-state index contributed by atoms with van der Waals surface area (Å²) in [5, 5.41) is 0. The second-order valence-corrected chi connectivity index (χ2v) is 7.42. The van der Waals surface area contributed by atoms with Crippen molar-refractivity contribution < 1.29 is 9.59 Å². The van der Waals surface area contributed by atoms with Crippen molar-refractivity contribution in [2.45, 2.75) is 38.5 Å². The number of carbonyl (C=O) groups is 2. The number of piperazine rings is 1. The Morgan fingerprint density at radius 3 is 2.04 bits per heavy atom. The number of benzene rings is 2. The van der Waals surface area contributed by atoms with Gasteiger partial charge in [0.15, 0.2) is 0 Å². The first kappa shape index (κ1) is 20.1. The minimum atomic E-state index is -0.0886. The van der Waals surface area contributed by atoms with Crippen molar-refractivity contribution in [1.29, 1.82) is 0 Å². The van der Waals surface area contributed by atoms with Crippen LogP contribution in [0.15, 0.2) is 60.7 Å². The fourth-order valence-electron chi connectivity index (χ4n) is 3.88. The zero-order valence-corrected chi connectivity index (χ0v) is 16.7. The van der Waals surface area contributed by atoms with E-state index in [0.29, 0.717) is 32.6 Å². The zero-order valence-electron chi connectivity index (χ0n) is 16.7. The van der Waals surface area contributed by atoms with E-state index in [2.05, 4.69) is 19.1 Å². The lowest BCUT2D eigenvalue weighted by molar-refractivity contribution is -0.140. The Kier molecular flexibility index (Phi) is 7.24. The molecule has 1 aliphatic rings. The topological polar surface area (TPSA) is 40.6 Å². The quantitative estimate of drug-likeness (QED) is 0.734. The third kappa shape index (κ3) is 5.22. The molecule has 0 radical (unpaired) electrons. The lowest BCUT2D eigenvalue weighted by Gasteiger charge is -2.36. The van der Waals surface area contributed by atoms with Gasteiger partial charge in [-0.25, -0.2) is 0 Å². The summed E-state index contributed by atoms with van der Waals surface area (Å²) >= 11 is 0. The third-order valence-electron chi connectivity index (χ3n) is 5.55. The van der Waals surface area contributed by atoms with Crippen molar-refractivity contribution >= 4 is 11.8 Å². The van der Waals surface area contributed by atoms with Crippen molar-refractivity contribution in [2.75, 3.05) is 26.2 Å². The zero-order chi connectivity index (χ0) is 19.8. The minimum absolute atomic E-state index is 0.0886. The smallest absolute Gasteiger partial charge is 0.230 e. The summed E-state index contributed by atoms with van der Waals surface area (Å²) in [6, 6.07) is 20.3. The average Bonchev–Trinajstić information content (AvgIpc) is 2.76. The molecule has 2 aromatic carbocycles. The van der Waals surface area contributed by atoms with E-state index in [1.165, 1.54) is 5.56 Å². The molecule has 2 aromatic rings. The number of amides is 2. The standard InChI is InChI=1S/C24H30N2O2/c1-2-22(21-13-7-4-8-14-21)24(28)26-18-16-25(17-19-26)23(27)15-9-12-20-10-5-3-6-11-20/h3-8,10-11,13-14,22H,2,9,12,15-19H2,1H3. The summed E-state index contributed by atoms with van der Waals surface area (Å²) in [4.78, 5) is 29.3. The van der Waals surface area contributed by atoms with Gasteiger partial charge < -0.3 is 9.80 Å². The van der Waals surface area contributed by atoms with E-state index in [9.17, 15) is 9.59 Å². The van der Waals surface area contributed by atoms with Gasteiger partial charge in [0.25, 0.3) is 0 Å². The van der Waals surface area contributed by atoms with E-state index < -0.39 is 0 Å². The minimum Gasteiger partial charge on any atom is -0.339 e. The Labute approximate surface area is 168 Å². The largest absolute Gasteiger partial charge is 0.339 e. The first-order chi connectivity index (χ1) is 13.7. The lowest BCUT2D eigenvalue weighted by atomic mass is 9.95. The molecule has 0 aliphatic carbocycles. The number of carbonyl (C=O) groups excluding carboxylic acids is 2. The molecule has 0 aromatic heterocycles. The average molecular weight is 379 g/mol. The van der Waals surface area contributed by atoms with Crippen LogP contribution < -0.4 is 0 Å². The van der Waals surface area contributed by atoms with E-state index in [1.807, 2.05) is 58.3 Å². The van der Waals surface area contributed by atoms with Gasteiger partial charge in [-0.3, -0.25) is 9.59 Å². The maximum Gasteiger partial charge on any atom is 0.230 e. The van der Waals surface area contributed by atoms with Crippen molar-refractivity contribution in [2.24, 2.45) is 0 Å². The third-order valence-corrected chi connectivity index (χ3v) is 5.55. The van der Waals surface area contributed by atoms with Crippen LogP contribution in [0.4, 0.5) is 0 Å². The monoisotopic (exact) mass is 378 g/mol. The van der Waals surface area contributed by atoms with Crippen LogP contribution in [0.25, 0.3) is 0 Å². The molecule has 0 N–H and O–H groups in total. The first-order valence-electron chi connectivity index (χ1n) is 10.3. The summed E-state index contributed by atoms with van der Waals surface area (Å²) in [6.45, 7) is 4.60. The van der Waals surface area contributed by atoms with Gasteiger partial charge in [-0.2, -0.15) is 0 Å². The van der Waals surface area contributed by atoms with Crippen LogP contribution >= 0.6 is 0 Å². The Bertz CT molecular complexity index is 753. The molecule has 1 fully saturated rings. The van der Waals surface area contributed by atoms with Gasteiger partial charge in [-0.15, -0.1) is 0 Å². The Morgan fingerprint density at radius 1 is 0.857 bits per heavy atom. The molecule has 1 unspecified atom stereocenters. The van der Waals surface area contributed by atoms with Gasteiger partial charge >= 0.3 is 0 Å². The molecule has 1 saturated heterocycles. The highest BCUT2D eigenvalue weighted by atomic mass is 16.2. The molecule has 1 atom stereocenters. The Hall–Kier alpha value is -2.62. The lowest BCUT2D eigenvalue weighted by Crippen LogP contribution is -2.51. The summed E-state index contributed by atoms with van der Waals surface area (Å²) in [5.74, 6) is 0.303. The highest BCUT2D eigenvalue weighted by molar-refractivity contribution is 5.84. The van der Waals surface area contributed by atoms with Crippen molar-refractivity contribution in [3.05, 3.63) is 71.8 Å². The highest BCUT2D eigenvalue weighted by Gasteiger charge is 2.28. The molecule has 3 rings (SSSR count). The van der Waals surface area contributed by atoms with Gasteiger partial charge in [-0.05, 0) is 30.4 Å². The molecule has 148 valence electrons. The first-order valence-corrected chi connectivity index (χ1v) is 10.3. The molecule has 1 heterocycles. The molecule has 0 saturated carbocycles. The molecule has 1 aliphatic heterocycles. The highest BCUT2D eigenvalue weighted by Crippen LogP contribution is 2.23. The van der Waals surface area contributed by atoms with E-state index >= 15 is 0 Å². The summed E-state index contributed by atoms with van der Waals surface area (Å²) in [6.07, 6.45) is 3.17. The van der Waals surface area contributed by atoms with Crippen molar-refractivity contribution in [3.63, 3.8) is 0 Å². The maximum absolute atomic E-state index is 13.0. The molecule has 2 amide bonds. The van der Waals surface area contributed by atoms with Crippen LogP contribution in [0.1, 0.15) is 43.2 Å². The van der Waals surface area contributed by atoms with Crippen LogP contribution in [-0.4, -0.2) is 47.8 Å². The SMILES string of the molecule is CCC(C(=O)N1CCN(C(=O)CCCc2ccccc2)CC1)c1ccccc1. The van der Waals surface area contributed by atoms with Crippen LogP contribution in [0.5, 0.6) is 0 Å². The van der Waals surface area contributed by atoms with Crippen LogP contribution in [0.3, 0.4) is 0 Å². The van der Waals surface area contributed by atoms with Crippen LogP contribution in [0.2, 0.25) is 0 Å². The molecular formula is C24H30N2O2. The number of hydrogen-bond donors (Lipinski definition) is 0. The van der Waals surface area contributed by atoms with Gasteiger partial charge in [0.05, 0.1) is 5.92 Å². The molecule has 0 spiro atoms. The predicted molar refractivity (Wildman–Crippen MR) is 112 cm³/mol. The Balaban J connectivity index is 1.45. The second-order valence-electron chi connectivity index (χ2n) is 7.42. The molecule has 4 nitrogen and oxygen atoms in total. The van der Waals surface area contributed by atoms with Crippen LogP contribution in [-0.2, 0) is 16.0 Å². The van der Waals surface area contributed by atoms with Gasteiger partial charge in [-0.1, -0.05) is 67.6 Å². The van der Waals surface area contributed by atoms with Crippen molar-refractivity contribution in [1.82, 2.24) is 9.80 Å². The summed E-state index contributed by atoms with van der Waals surface area (Å²) < 4.78 is 0. The summed E-state index contributed by atoms with van der Waals surface area (Å²) in [7, 11) is 0. The fraction of sp³-hybridized carbons (Fsp3) is 0.417. The van der Waals surface area contributed by atoms with Gasteiger partial charge in [0.2, 0.25) is 11.8 Å². The second kappa shape index (κ2) is 10.1. The number of rotatable bonds is 7.